The second kappa shape index (κ2) is 10.9. The molecule has 0 aromatic carbocycles. The number of ether oxygens (including phenoxy) is 1. The number of rotatable bonds is 4. The van der Waals surface area contributed by atoms with Crippen LogP contribution in [0.25, 0.3) is 0 Å². The Morgan fingerprint density at radius 2 is 1.85 bits per heavy atom. The molecule has 13 heavy (non-hydrogen) atoms. The lowest BCUT2D eigenvalue weighted by Crippen LogP contribution is -1.99. The fraction of sp³-hybridized carbons (Fsp3) is 0.333. The van der Waals surface area contributed by atoms with E-state index >= 15 is 0 Å². The van der Waals surface area contributed by atoms with Gasteiger partial charge in [-0.25, -0.2) is 4.79 Å². The van der Waals surface area contributed by atoms with Crippen molar-refractivity contribution in [3.63, 3.8) is 0 Å². The van der Waals surface area contributed by atoms with Crippen molar-refractivity contribution in [2.75, 3.05) is 6.61 Å². The van der Waals surface area contributed by atoms with Crippen molar-refractivity contribution in [3.8, 4) is 0 Å². The third-order valence-corrected chi connectivity index (χ3v) is 0.930. The normalized spacial score (nSPS) is 7.54. The number of carbonyl (C=O) groups excluding carboxylic acids is 2. The second-order valence-corrected chi connectivity index (χ2v) is 2.25. The molecule has 0 aromatic rings. The van der Waals surface area contributed by atoms with Gasteiger partial charge < -0.3 is 4.74 Å². The highest BCUT2D eigenvalue weighted by atomic mass is 35.5. The Labute approximate surface area is 83.0 Å². The van der Waals surface area contributed by atoms with E-state index in [1.165, 1.54) is 0 Å². The number of carbonyl (C=O) groups is 2. The topological polar surface area (TPSA) is 43.4 Å². The van der Waals surface area contributed by atoms with Gasteiger partial charge in [0.25, 0.3) is 0 Å². The zero-order valence-corrected chi connectivity index (χ0v) is 8.34. The monoisotopic (exact) mass is 204 g/mol. The number of halogens is 1. The Kier molecular flexibility index (Phi) is 12.1. The molecule has 3 nitrogen and oxygen atoms in total. The first-order valence-corrected chi connectivity index (χ1v) is 4.07. The standard InChI is InChI=1S/C6H10O2.C3H3ClO/c1-3-5-8-6(7)4-2;1-2-3(4)5/h4H,2-3,5H2,1H3;2H,1H2. The lowest BCUT2D eigenvalue weighted by Gasteiger charge is -1.94. The van der Waals surface area contributed by atoms with Crippen LogP contribution in [0.15, 0.2) is 25.3 Å². The van der Waals surface area contributed by atoms with Crippen molar-refractivity contribution in [2.45, 2.75) is 13.3 Å². The van der Waals surface area contributed by atoms with E-state index in [4.69, 9.17) is 11.6 Å². The average Bonchev–Trinajstić information content (AvgIpc) is 2.15. The summed E-state index contributed by atoms with van der Waals surface area (Å²) in [4.78, 5) is 19.7. The van der Waals surface area contributed by atoms with Crippen molar-refractivity contribution in [3.05, 3.63) is 25.3 Å². The second-order valence-electron chi connectivity index (χ2n) is 1.88. The summed E-state index contributed by atoms with van der Waals surface area (Å²) in [5.41, 5.74) is 0. The Morgan fingerprint density at radius 1 is 1.38 bits per heavy atom. The summed E-state index contributed by atoms with van der Waals surface area (Å²) < 4.78 is 4.58. The van der Waals surface area contributed by atoms with Gasteiger partial charge in [0.05, 0.1) is 6.61 Å². The first kappa shape index (κ1) is 14.4. The SMILES string of the molecule is C=CC(=O)Cl.C=CC(=O)OCCC. The quantitative estimate of drug-likeness (QED) is 0.400. The van der Waals surface area contributed by atoms with Crippen molar-refractivity contribution in [2.24, 2.45) is 0 Å². The van der Waals surface area contributed by atoms with E-state index in [-0.39, 0.29) is 5.97 Å². The number of esters is 1. The summed E-state index contributed by atoms with van der Waals surface area (Å²) in [6.07, 6.45) is 3.07. The minimum absolute atomic E-state index is 0.341. The Bertz CT molecular complexity index is 187. The summed E-state index contributed by atoms with van der Waals surface area (Å²) in [5, 5.41) is -0.509. The van der Waals surface area contributed by atoms with Gasteiger partial charge >= 0.3 is 5.97 Å². The molecule has 0 aromatic heterocycles. The molecule has 0 aliphatic rings. The van der Waals surface area contributed by atoms with Crippen LogP contribution < -0.4 is 0 Å². The van der Waals surface area contributed by atoms with Gasteiger partial charge in [0.1, 0.15) is 0 Å². The third-order valence-electron chi connectivity index (χ3n) is 0.776. The Morgan fingerprint density at radius 3 is 2.08 bits per heavy atom. The van der Waals surface area contributed by atoms with Gasteiger partial charge in [0, 0.05) is 6.08 Å². The van der Waals surface area contributed by atoms with Crippen molar-refractivity contribution >= 4 is 22.8 Å². The molecule has 0 aliphatic heterocycles. The molecule has 0 heterocycles. The van der Waals surface area contributed by atoms with Crippen molar-refractivity contribution in [1.29, 1.82) is 0 Å². The van der Waals surface area contributed by atoms with Crippen LogP contribution in [0.5, 0.6) is 0 Å². The minimum Gasteiger partial charge on any atom is -0.463 e. The van der Waals surface area contributed by atoms with E-state index in [0.29, 0.717) is 6.61 Å². The fourth-order valence-corrected chi connectivity index (χ4v) is 0.262. The molecule has 0 fully saturated rings. The predicted molar refractivity (Wildman–Crippen MR) is 52.5 cm³/mol. The zero-order valence-electron chi connectivity index (χ0n) is 7.59. The van der Waals surface area contributed by atoms with Crippen LogP contribution in [0, 0.1) is 0 Å². The van der Waals surface area contributed by atoms with Crippen LogP contribution in [0.1, 0.15) is 13.3 Å². The van der Waals surface area contributed by atoms with Gasteiger partial charge in [-0.2, -0.15) is 0 Å². The molecule has 0 atom stereocenters. The maximum Gasteiger partial charge on any atom is 0.330 e. The molecule has 0 amide bonds. The predicted octanol–water partition coefficient (Wildman–Crippen LogP) is 2.06. The first-order valence-electron chi connectivity index (χ1n) is 3.69. The molecule has 0 spiro atoms. The fourth-order valence-electron chi connectivity index (χ4n) is 0.262. The highest BCUT2D eigenvalue weighted by molar-refractivity contribution is 6.66. The number of hydrogen-bond acceptors (Lipinski definition) is 3. The lowest BCUT2D eigenvalue weighted by atomic mass is 10.5. The summed E-state index contributed by atoms with van der Waals surface area (Å²) in [7, 11) is 0. The summed E-state index contributed by atoms with van der Waals surface area (Å²) in [6.45, 7) is 8.75. The molecule has 4 heteroatoms. The third kappa shape index (κ3) is 18.1. The smallest absolute Gasteiger partial charge is 0.330 e. The highest BCUT2D eigenvalue weighted by Crippen LogP contribution is 1.81. The summed E-state index contributed by atoms with van der Waals surface area (Å²) in [5.74, 6) is -0.341. The van der Waals surface area contributed by atoms with Gasteiger partial charge in [-0.1, -0.05) is 20.1 Å². The van der Waals surface area contributed by atoms with E-state index in [9.17, 15) is 9.59 Å². The molecule has 74 valence electrons. The van der Waals surface area contributed by atoms with E-state index < -0.39 is 5.24 Å². The van der Waals surface area contributed by atoms with Gasteiger partial charge in [-0.3, -0.25) is 4.79 Å². The van der Waals surface area contributed by atoms with Gasteiger partial charge in [0.2, 0.25) is 5.24 Å². The van der Waals surface area contributed by atoms with Gasteiger partial charge in [-0.05, 0) is 24.1 Å². The van der Waals surface area contributed by atoms with Crippen LogP contribution >= 0.6 is 11.6 Å². The minimum atomic E-state index is -0.509. The maximum atomic E-state index is 10.2. The van der Waals surface area contributed by atoms with E-state index in [1.807, 2.05) is 6.92 Å². The van der Waals surface area contributed by atoms with Crippen molar-refractivity contribution < 1.29 is 14.3 Å². The van der Waals surface area contributed by atoms with Crippen molar-refractivity contribution in [1.82, 2.24) is 0 Å². The maximum absolute atomic E-state index is 10.2. The van der Waals surface area contributed by atoms with Crippen LogP contribution in [-0.4, -0.2) is 17.8 Å². The summed E-state index contributed by atoms with van der Waals surface area (Å²) >= 11 is 4.71. The molecule has 0 radical (unpaired) electrons. The molecule has 0 rings (SSSR count). The molecule has 0 bridgehead atoms. The summed E-state index contributed by atoms with van der Waals surface area (Å²) in [6, 6.07) is 0. The molecular weight excluding hydrogens is 192 g/mol. The largest absolute Gasteiger partial charge is 0.463 e. The van der Waals surface area contributed by atoms with Crippen LogP contribution in [0.2, 0.25) is 0 Å². The lowest BCUT2D eigenvalue weighted by molar-refractivity contribution is -0.137. The van der Waals surface area contributed by atoms with Crippen LogP contribution in [-0.2, 0) is 14.3 Å². The molecule has 0 aliphatic carbocycles. The molecule has 0 saturated heterocycles. The van der Waals surface area contributed by atoms with Crippen LogP contribution in [0.3, 0.4) is 0 Å². The van der Waals surface area contributed by atoms with E-state index in [1.54, 1.807) is 0 Å². The zero-order chi connectivity index (χ0) is 10.7. The number of allylic oxidation sites excluding steroid dienone is 1. The highest BCUT2D eigenvalue weighted by Gasteiger charge is 1.89. The van der Waals surface area contributed by atoms with Gasteiger partial charge in [-0.15, -0.1) is 0 Å². The molecular formula is C9H13ClO3. The number of hydrogen-bond donors (Lipinski definition) is 0. The molecule has 0 N–H and O–H groups in total. The Hall–Kier alpha value is -1.09. The van der Waals surface area contributed by atoms with Gasteiger partial charge in [0.15, 0.2) is 0 Å². The molecule has 0 unspecified atom stereocenters. The average molecular weight is 205 g/mol. The Balaban J connectivity index is 0. The van der Waals surface area contributed by atoms with E-state index in [2.05, 4.69) is 17.9 Å². The first-order chi connectivity index (χ1) is 6.08. The van der Waals surface area contributed by atoms with Crippen LogP contribution in [0.4, 0.5) is 0 Å². The molecule has 0 saturated carbocycles. The van der Waals surface area contributed by atoms with E-state index in [0.717, 1.165) is 18.6 Å².